The van der Waals surface area contributed by atoms with E-state index in [0.717, 1.165) is 5.56 Å². The van der Waals surface area contributed by atoms with Crippen molar-refractivity contribution in [2.24, 2.45) is 0 Å². The largest absolute Gasteiger partial charge is 0.478 e. The summed E-state index contributed by atoms with van der Waals surface area (Å²) in [5, 5.41) is 10.2. The number of anilines is 1. The van der Waals surface area contributed by atoms with Gasteiger partial charge < -0.3 is 9.52 Å². The molecule has 29 heavy (non-hydrogen) atoms. The number of hydrogen-bond donors (Lipinski definition) is 2. The van der Waals surface area contributed by atoms with Crippen LogP contribution in [0.1, 0.15) is 21.7 Å². The molecule has 0 unspecified atom stereocenters. The average Bonchev–Trinajstić information content (AvgIpc) is 3.28. The number of carboxylic acid groups (broad SMARTS) is 1. The van der Waals surface area contributed by atoms with Crippen LogP contribution in [0.3, 0.4) is 0 Å². The van der Waals surface area contributed by atoms with Crippen LogP contribution in [0, 0.1) is 6.92 Å². The van der Waals surface area contributed by atoms with Gasteiger partial charge in [-0.2, -0.15) is 0 Å². The first-order chi connectivity index (χ1) is 13.9. The molecular formula is C22H16N2O5. The molecule has 0 spiro atoms. The summed E-state index contributed by atoms with van der Waals surface area (Å²) in [6, 6.07) is 16.8. The molecule has 0 radical (unpaired) electrons. The van der Waals surface area contributed by atoms with Crippen LogP contribution in [-0.4, -0.2) is 22.9 Å². The Balaban J connectivity index is 1.59. The van der Waals surface area contributed by atoms with Gasteiger partial charge in [-0.3, -0.25) is 15.0 Å². The van der Waals surface area contributed by atoms with E-state index in [4.69, 9.17) is 9.52 Å². The first-order valence-corrected chi connectivity index (χ1v) is 8.80. The Morgan fingerprint density at radius 2 is 1.83 bits per heavy atom. The van der Waals surface area contributed by atoms with Gasteiger partial charge in [0.2, 0.25) is 0 Å². The van der Waals surface area contributed by atoms with E-state index < -0.39 is 17.8 Å². The number of nitrogens with zero attached hydrogens (tertiary/aromatic N) is 1. The molecule has 1 aliphatic rings. The zero-order valence-corrected chi connectivity index (χ0v) is 15.4. The maximum Gasteiger partial charge on any atom is 0.335 e. The number of hydrazine groups is 1. The van der Waals surface area contributed by atoms with Crippen LogP contribution in [0.15, 0.2) is 70.7 Å². The fourth-order valence-electron chi connectivity index (χ4n) is 3.01. The zero-order valence-electron chi connectivity index (χ0n) is 15.4. The summed E-state index contributed by atoms with van der Waals surface area (Å²) in [6.07, 6.45) is 1.39. The highest BCUT2D eigenvalue weighted by Crippen LogP contribution is 2.26. The van der Waals surface area contributed by atoms with Gasteiger partial charge in [0, 0.05) is 5.56 Å². The lowest BCUT2D eigenvalue weighted by molar-refractivity contribution is -0.117. The van der Waals surface area contributed by atoms with Crippen molar-refractivity contribution in [3.8, 4) is 11.3 Å². The lowest BCUT2D eigenvalue weighted by Crippen LogP contribution is -2.35. The van der Waals surface area contributed by atoms with Gasteiger partial charge in [0.1, 0.15) is 17.1 Å². The Hall–Kier alpha value is -4.13. The summed E-state index contributed by atoms with van der Waals surface area (Å²) >= 11 is 0. The average molecular weight is 388 g/mol. The van der Waals surface area contributed by atoms with Crippen LogP contribution in [-0.2, 0) is 9.59 Å². The topological polar surface area (TPSA) is 99.8 Å². The second-order valence-electron chi connectivity index (χ2n) is 6.56. The van der Waals surface area contributed by atoms with E-state index in [1.807, 2.05) is 13.0 Å². The highest BCUT2D eigenvalue weighted by atomic mass is 16.4. The van der Waals surface area contributed by atoms with Crippen molar-refractivity contribution < 1.29 is 23.9 Å². The number of aromatic carboxylic acids is 1. The molecule has 1 aliphatic heterocycles. The predicted octanol–water partition coefficient (Wildman–Crippen LogP) is 3.41. The number of aryl methyl sites for hydroxylation is 1. The molecular weight excluding hydrogens is 372 g/mol. The molecule has 0 atom stereocenters. The molecule has 2 N–H and O–H groups in total. The number of nitrogens with one attached hydrogen (secondary N) is 1. The molecule has 7 nitrogen and oxygen atoms in total. The summed E-state index contributed by atoms with van der Waals surface area (Å²) in [6.45, 7) is 1.90. The second kappa shape index (κ2) is 7.12. The summed E-state index contributed by atoms with van der Waals surface area (Å²) in [5.74, 6) is -1.16. The third-order valence-electron chi connectivity index (χ3n) is 4.48. The summed E-state index contributed by atoms with van der Waals surface area (Å²) < 4.78 is 5.71. The second-order valence-corrected chi connectivity index (χ2v) is 6.56. The van der Waals surface area contributed by atoms with Crippen LogP contribution in [0.4, 0.5) is 5.69 Å². The van der Waals surface area contributed by atoms with Crippen LogP contribution in [0.2, 0.25) is 0 Å². The lowest BCUT2D eigenvalue weighted by Gasteiger charge is -2.14. The van der Waals surface area contributed by atoms with E-state index >= 15 is 0 Å². The molecule has 1 aromatic heterocycles. The Kier molecular flexibility index (Phi) is 4.48. The number of carbonyl (C=O) groups excluding carboxylic acids is 2. The van der Waals surface area contributed by atoms with Crippen molar-refractivity contribution in [3.63, 3.8) is 0 Å². The number of benzene rings is 2. The summed E-state index contributed by atoms with van der Waals surface area (Å²) in [7, 11) is 0. The van der Waals surface area contributed by atoms with Crippen molar-refractivity contribution in [1.29, 1.82) is 0 Å². The molecule has 1 fully saturated rings. The molecule has 2 aromatic carbocycles. The third kappa shape index (κ3) is 3.53. The van der Waals surface area contributed by atoms with E-state index in [0.29, 0.717) is 22.8 Å². The van der Waals surface area contributed by atoms with Crippen molar-refractivity contribution in [2.75, 3.05) is 5.01 Å². The standard InChI is InChI=1S/C22H16N2O5/c1-13-3-2-4-16(11-13)24-21(26)18(20(25)23-24)12-17-9-10-19(29-17)14-5-7-15(8-6-14)22(27)28/h2-12H,1H3,(H,23,25)(H,27,28). The molecule has 0 saturated carbocycles. The Labute approximate surface area is 165 Å². The SMILES string of the molecule is Cc1cccc(N2NC(=O)C(=Cc3ccc(-c4ccc(C(=O)O)cc4)o3)C2=O)c1. The number of carboxylic acids is 1. The molecule has 1 saturated heterocycles. The molecule has 0 bridgehead atoms. The highest BCUT2D eigenvalue weighted by molar-refractivity contribution is 6.31. The monoisotopic (exact) mass is 388 g/mol. The van der Waals surface area contributed by atoms with Crippen molar-refractivity contribution in [3.05, 3.63) is 83.1 Å². The smallest absolute Gasteiger partial charge is 0.335 e. The molecule has 7 heteroatoms. The number of rotatable bonds is 4. The van der Waals surface area contributed by atoms with Crippen molar-refractivity contribution in [2.45, 2.75) is 6.92 Å². The van der Waals surface area contributed by atoms with Gasteiger partial charge >= 0.3 is 5.97 Å². The fraction of sp³-hybridized carbons (Fsp3) is 0.0455. The van der Waals surface area contributed by atoms with Crippen LogP contribution < -0.4 is 10.4 Å². The minimum absolute atomic E-state index is 0.0337. The van der Waals surface area contributed by atoms with Crippen LogP contribution in [0.25, 0.3) is 17.4 Å². The molecule has 4 rings (SSSR count). The van der Waals surface area contributed by atoms with Crippen molar-refractivity contribution >= 4 is 29.5 Å². The number of hydrogen-bond acceptors (Lipinski definition) is 4. The van der Waals surface area contributed by atoms with Gasteiger partial charge in [0.15, 0.2) is 0 Å². The Bertz CT molecular complexity index is 1160. The van der Waals surface area contributed by atoms with E-state index in [-0.39, 0.29) is 11.1 Å². The van der Waals surface area contributed by atoms with Gasteiger partial charge in [-0.05, 0) is 55.0 Å². The summed E-state index contributed by atoms with van der Waals surface area (Å²) in [5.41, 5.74) is 4.91. The minimum atomic E-state index is -1.01. The molecule has 3 aromatic rings. The van der Waals surface area contributed by atoms with Gasteiger partial charge in [0.25, 0.3) is 11.8 Å². The maximum absolute atomic E-state index is 12.7. The Morgan fingerprint density at radius 1 is 1.07 bits per heavy atom. The minimum Gasteiger partial charge on any atom is -0.478 e. The highest BCUT2D eigenvalue weighted by Gasteiger charge is 2.34. The van der Waals surface area contributed by atoms with E-state index in [2.05, 4.69) is 5.43 Å². The normalized spacial score (nSPS) is 15.1. The molecule has 2 amide bonds. The maximum atomic E-state index is 12.7. The van der Waals surface area contributed by atoms with Gasteiger partial charge in [0.05, 0.1) is 11.3 Å². The predicted molar refractivity (Wildman–Crippen MR) is 106 cm³/mol. The number of furan rings is 1. The van der Waals surface area contributed by atoms with Gasteiger partial charge in [-0.15, -0.1) is 0 Å². The lowest BCUT2D eigenvalue weighted by atomic mass is 10.1. The Morgan fingerprint density at radius 3 is 2.52 bits per heavy atom. The summed E-state index contributed by atoms with van der Waals surface area (Å²) in [4.78, 5) is 35.9. The van der Waals surface area contributed by atoms with Crippen LogP contribution >= 0.6 is 0 Å². The van der Waals surface area contributed by atoms with E-state index in [9.17, 15) is 14.4 Å². The first kappa shape index (κ1) is 18.2. The van der Waals surface area contributed by atoms with Gasteiger partial charge in [-0.25, -0.2) is 9.80 Å². The molecule has 144 valence electrons. The van der Waals surface area contributed by atoms with Gasteiger partial charge in [-0.1, -0.05) is 24.3 Å². The number of carbonyl (C=O) groups is 3. The third-order valence-corrected chi connectivity index (χ3v) is 4.48. The quantitative estimate of drug-likeness (QED) is 0.527. The molecule has 2 heterocycles. The van der Waals surface area contributed by atoms with Crippen LogP contribution in [0.5, 0.6) is 0 Å². The molecule has 0 aliphatic carbocycles. The first-order valence-electron chi connectivity index (χ1n) is 8.80. The fourth-order valence-corrected chi connectivity index (χ4v) is 3.01. The van der Waals surface area contributed by atoms with Crippen molar-refractivity contribution in [1.82, 2.24) is 5.43 Å². The zero-order chi connectivity index (χ0) is 20.5. The number of amides is 2. The van der Waals surface area contributed by atoms with E-state index in [1.165, 1.54) is 23.2 Å². The van der Waals surface area contributed by atoms with E-state index in [1.54, 1.807) is 42.5 Å².